The number of carboxylic acids is 1. The number of carbonyl (C=O) groups is 2. The molecule has 1 rings (SSSR count). The number of rotatable bonds is 5. The van der Waals surface area contributed by atoms with Gasteiger partial charge in [0.2, 0.25) is 0 Å². The van der Waals surface area contributed by atoms with Crippen molar-refractivity contribution in [3.8, 4) is 5.75 Å². The molecule has 6 heteroatoms. The molecule has 0 heterocycles. The summed E-state index contributed by atoms with van der Waals surface area (Å²) in [5.74, 6) is -1.51. The number of ether oxygens (including phenoxy) is 1. The highest BCUT2D eigenvalue weighted by Gasteiger charge is 2.21. The topological polar surface area (TPSA) is 66.8 Å². The Hall–Kier alpha value is -1.75. The van der Waals surface area contributed by atoms with Gasteiger partial charge in [-0.25, -0.2) is 0 Å². The predicted octanol–water partition coefficient (Wildman–Crippen LogP) is 2.14. The predicted molar refractivity (Wildman–Crippen MR) is 71.8 cm³/mol. The second-order valence-electron chi connectivity index (χ2n) is 4.27. The lowest BCUT2D eigenvalue weighted by molar-refractivity contribution is -0.141. The van der Waals surface area contributed by atoms with E-state index in [4.69, 9.17) is 21.4 Å². The van der Waals surface area contributed by atoms with Crippen LogP contribution in [0.5, 0.6) is 5.75 Å². The van der Waals surface area contributed by atoms with Crippen LogP contribution in [0.4, 0.5) is 0 Å². The summed E-state index contributed by atoms with van der Waals surface area (Å²) in [7, 11) is 3.00. The third kappa shape index (κ3) is 3.86. The molecule has 0 saturated carbocycles. The molecular weight excluding hydrogens is 270 g/mol. The molecule has 1 unspecified atom stereocenters. The molecule has 0 aliphatic carbocycles. The van der Waals surface area contributed by atoms with Gasteiger partial charge in [0.05, 0.1) is 18.6 Å². The van der Waals surface area contributed by atoms with Crippen LogP contribution in [0.3, 0.4) is 0 Å². The highest BCUT2D eigenvalue weighted by Crippen LogP contribution is 2.24. The van der Waals surface area contributed by atoms with Crippen LogP contribution in [0.25, 0.3) is 0 Å². The van der Waals surface area contributed by atoms with Crippen molar-refractivity contribution in [1.82, 2.24) is 4.90 Å². The number of halogens is 1. The first-order valence-corrected chi connectivity index (χ1v) is 6.06. The van der Waals surface area contributed by atoms with Gasteiger partial charge in [-0.1, -0.05) is 18.5 Å². The molecule has 1 amide bonds. The molecule has 0 radical (unpaired) electrons. The number of carboxylic acid groups (broad SMARTS) is 1. The van der Waals surface area contributed by atoms with Crippen LogP contribution in [0.2, 0.25) is 5.02 Å². The van der Waals surface area contributed by atoms with E-state index >= 15 is 0 Å². The van der Waals surface area contributed by atoms with Crippen molar-refractivity contribution < 1.29 is 19.4 Å². The Morgan fingerprint density at radius 3 is 2.63 bits per heavy atom. The van der Waals surface area contributed by atoms with Gasteiger partial charge < -0.3 is 14.7 Å². The molecule has 1 aromatic carbocycles. The summed E-state index contributed by atoms with van der Waals surface area (Å²) in [5.41, 5.74) is 0.354. The fourth-order valence-electron chi connectivity index (χ4n) is 1.62. The summed E-state index contributed by atoms with van der Waals surface area (Å²) in [5, 5.41) is 9.31. The molecule has 5 nitrogen and oxygen atoms in total. The second-order valence-corrected chi connectivity index (χ2v) is 4.71. The number of aliphatic carboxylic acids is 1. The van der Waals surface area contributed by atoms with Crippen LogP contribution in [0.1, 0.15) is 17.3 Å². The molecule has 1 atom stereocenters. The van der Waals surface area contributed by atoms with Crippen molar-refractivity contribution in [2.45, 2.75) is 6.92 Å². The lowest BCUT2D eigenvalue weighted by atomic mass is 10.1. The molecule has 0 aromatic heterocycles. The van der Waals surface area contributed by atoms with Crippen molar-refractivity contribution in [3.05, 3.63) is 28.8 Å². The summed E-state index contributed by atoms with van der Waals surface area (Å²) in [4.78, 5) is 24.3. The van der Waals surface area contributed by atoms with Gasteiger partial charge in [0.25, 0.3) is 5.91 Å². The fraction of sp³-hybridized carbons (Fsp3) is 0.385. The minimum absolute atomic E-state index is 0.125. The first-order valence-electron chi connectivity index (χ1n) is 5.68. The Morgan fingerprint density at radius 1 is 1.47 bits per heavy atom. The van der Waals surface area contributed by atoms with E-state index in [-0.39, 0.29) is 12.5 Å². The largest absolute Gasteiger partial charge is 0.496 e. The van der Waals surface area contributed by atoms with Crippen LogP contribution in [-0.4, -0.2) is 42.6 Å². The summed E-state index contributed by atoms with van der Waals surface area (Å²) < 4.78 is 5.10. The summed E-state index contributed by atoms with van der Waals surface area (Å²) in [6.07, 6.45) is 0. The van der Waals surface area contributed by atoms with E-state index in [2.05, 4.69) is 0 Å². The maximum absolute atomic E-state index is 12.2. The number of amides is 1. The molecule has 0 spiro atoms. The molecular formula is C13H16ClNO4. The third-order valence-electron chi connectivity index (χ3n) is 2.71. The van der Waals surface area contributed by atoms with Crippen molar-refractivity contribution >= 4 is 23.5 Å². The summed E-state index contributed by atoms with van der Waals surface area (Å²) >= 11 is 5.82. The Morgan fingerprint density at radius 2 is 2.11 bits per heavy atom. The van der Waals surface area contributed by atoms with Crippen LogP contribution >= 0.6 is 11.6 Å². The Labute approximate surface area is 116 Å². The highest BCUT2D eigenvalue weighted by atomic mass is 35.5. The van der Waals surface area contributed by atoms with Gasteiger partial charge in [-0.2, -0.15) is 0 Å². The van der Waals surface area contributed by atoms with Gasteiger partial charge in [0.15, 0.2) is 0 Å². The Kier molecular flexibility index (Phi) is 5.18. The van der Waals surface area contributed by atoms with Crippen LogP contribution in [-0.2, 0) is 4.79 Å². The van der Waals surface area contributed by atoms with E-state index in [1.54, 1.807) is 32.2 Å². The monoisotopic (exact) mass is 285 g/mol. The minimum atomic E-state index is -0.942. The molecule has 1 N–H and O–H groups in total. The number of benzene rings is 1. The zero-order valence-corrected chi connectivity index (χ0v) is 11.8. The van der Waals surface area contributed by atoms with Crippen LogP contribution < -0.4 is 4.74 Å². The SMILES string of the molecule is COc1cc(Cl)ccc1C(=O)N(C)CC(C)C(=O)O. The average molecular weight is 286 g/mol. The van der Waals surface area contributed by atoms with Gasteiger partial charge in [-0.05, 0) is 18.2 Å². The number of nitrogens with zero attached hydrogens (tertiary/aromatic N) is 1. The first kappa shape index (κ1) is 15.3. The highest BCUT2D eigenvalue weighted by molar-refractivity contribution is 6.30. The number of methoxy groups -OCH3 is 1. The first-order chi connectivity index (χ1) is 8.86. The van der Waals surface area contributed by atoms with Crippen molar-refractivity contribution in [3.63, 3.8) is 0 Å². The maximum atomic E-state index is 12.2. The standard InChI is InChI=1S/C13H16ClNO4/c1-8(13(17)18)7-15(2)12(16)10-5-4-9(14)6-11(10)19-3/h4-6,8H,7H2,1-3H3,(H,17,18). The number of hydrogen-bond acceptors (Lipinski definition) is 3. The lowest BCUT2D eigenvalue weighted by Gasteiger charge is -2.20. The van der Waals surface area contributed by atoms with E-state index in [0.717, 1.165) is 0 Å². The van der Waals surface area contributed by atoms with E-state index < -0.39 is 11.9 Å². The van der Waals surface area contributed by atoms with Gasteiger partial charge in [0.1, 0.15) is 5.75 Å². The summed E-state index contributed by atoms with van der Waals surface area (Å²) in [6, 6.07) is 4.69. The van der Waals surface area contributed by atoms with Crippen LogP contribution in [0, 0.1) is 5.92 Å². The number of carbonyl (C=O) groups excluding carboxylic acids is 1. The average Bonchev–Trinajstić information content (AvgIpc) is 2.37. The van der Waals surface area contributed by atoms with Crippen molar-refractivity contribution in [2.75, 3.05) is 20.7 Å². The Balaban J connectivity index is 2.91. The molecule has 0 aliphatic rings. The molecule has 0 aliphatic heterocycles. The van der Waals surface area contributed by atoms with E-state index in [0.29, 0.717) is 16.3 Å². The fourth-order valence-corrected chi connectivity index (χ4v) is 1.78. The lowest BCUT2D eigenvalue weighted by Crippen LogP contribution is -2.33. The van der Waals surface area contributed by atoms with E-state index in [1.807, 2.05) is 0 Å². The van der Waals surface area contributed by atoms with Crippen LogP contribution in [0.15, 0.2) is 18.2 Å². The quantitative estimate of drug-likeness (QED) is 0.900. The maximum Gasteiger partial charge on any atom is 0.308 e. The molecule has 0 saturated heterocycles. The zero-order valence-electron chi connectivity index (χ0n) is 11.0. The van der Waals surface area contributed by atoms with E-state index in [1.165, 1.54) is 12.0 Å². The molecule has 1 aromatic rings. The zero-order chi connectivity index (χ0) is 14.6. The van der Waals surface area contributed by atoms with E-state index in [9.17, 15) is 9.59 Å². The molecule has 0 bridgehead atoms. The molecule has 19 heavy (non-hydrogen) atoms. The third-order valence-corrected chi connectivity index (χ3v) is 2.95. The summed E-state index contributed by atoms with van der Waals surface area (Å²) in [6.45, 7) is 1.67. The minimum Gasteiger partial charge on any atom is -0.496 e. The van der Waals surface area contributed by atoms with Crippen molar-refractivity contribution in [1.29, 1.82) is 0 Å². The van der Waals surface area contributed by atoms with Gasteiger partial charge >= 0.3 is 5.97 Å². The van der Waals surface area contributed by atoms with Gasteiger partial charge in [-0.15, -0.1) is 0 Å². The molecule has 0 fully saturated rings. The smallest absolute Gasteiger partial charge is 0.308 e. The Bertz CT molecular complexity index is 490. The van der Waals surface area contributed by atoms with Gasteiger partial charge in [0, 0.05) is 18.6 Å². The normalized spacial score (nSPS) is 11.8. The van der Waals surface area contributed by atoms with Gasteiger partial charge in [-0.3, -0.25) is 9.59 Å². The molecule has 104 valence electrons. The van der Waals surface area contributed by atoms with Crippen molar-refractivity contribution in [2.24, 2.45) is 5.92 Å². The second kappa shape index (κ2) is 6.43. The number of hydrogen-bond donors (Lipinski definition) is 1.